The van der Waals surface area contributed by atoms with Crippen molar-refractivity contribution in [2.45, 2.75) is 55.4 Å². The average molecular weight is 273 g/mol. The molecule has 1 aromatic carbocycles. The van der Waals surface area contributed by atoms with Gasteiger partial charge in [0.25, 0.3) is 0 Å². The zero-order chi connectivity index (χ0) is 15.2. The van der Waals surface area contributed by atoms with Gasteiger partial charge in [-0.15, -0.1) is 33.9 Å². The minimum absolute atomic E-state index is 0. The molecule has 0 aliphatic heterocycles. The zero-order valence-corrected chi connectivity index (χ0v) is 14.9. The summed E-state index contributed by atoms with van der Waals surface area (Å²) in [4.78, 5) is 4.84. The Morgan fingerprint density at radius 2 is 1.14 bits per heavy atom. The van der Waals surface area contributed by atoms with Gasteiger partial charge in [0.05, 0.1) is 0 Å². The normalized spacial score (nSPS) is 10.5. The maximum Gasteiger partial charge on any atom is 1.00 e. The van der Waals surface area contributed by atoms with E-state index in [1.807, 2.05) is 0 Å². The standard InChI is InChI=1S/C19H24N.Li/c1-10-9-18(15(6)12(3)11(10)2)19-16(7)13(4)14(5)17(8)20-19;/h1-8H3;/q-1;+1. The Kier molecular flexibility index (Phi) is 5.48. The van der Waals surface area contributed by atoms with Crippen molar-refractivity contribution < 1.29 is 18.9 Å². The van der Waals surface area contributed by atoms with E-state index in [4.69, 9.17) is 4.98 Å². The van der Waals surface area contributed by atoms with Crippen molar-refractivity contribution in [1.29, 1.82) is 0 Å². The van der Waals surface area contributed by atoms with Crippen LogP contribution in [0.25, 0.3) is 11.3 Å². The fraction of sp³-hybridized carbons (Fsp3) is 0.421. The molecule has 2 heteroatoms. The van der Waals surface area contributed by atoms with Crippen LogP contribution in [0, 0.1) is 61.5 Å². The first-order chi connectivity index (χ1) is 9.25. The molecule has 2 rings (SSSR count). The number of hydrogen-bond donors (Lipinski definition) is 0. The van der Waals surface area contributed by atoms with Crippen LogP contribution in [0.4, 0.5) is 0 Å². The summed E-state index contributed by atoms with van der Waals surface area (Å²) in [7, 11) is 0. The molecule has 0 saturated carbocycles. The van der Waals surface area contributed by atoms with Gasteiger partial charge in [0.1, 0.15) is 0 Å². The number of aromatic nitrogens is 1. The maximum absolute atomic E-state index is 4.84. The smallest absolute Gasteiger partial charge is 0.301 e. The summed E-state index contributed by atoms with van der Waals surface area (Å²) in [6.45, 7) is 17.3. The number of nitrogens with zero attached hydrogens (tertiary/aromatic N) is 1. The molecule has 1 heterocycles. The van der Waals surface area contributed by atoms with Gasteiger partial charge in [0.2, 0.25) is 0 Å². The number of pyridine rings is 1. The molecule has 0 aliphatic carbocycles. The van der Waals surface area contributed by atoms with Crippen LogP contribution in [0.5, 0.6) is 0 Å². The van der Waals surface area contributed by atoms with Gasteiger partial charge >= 0.3 is 18.9 Å². The van der Waals surface area contributed by atoms with E-state index in [9.17, 15) is 0 Å². The number of benzene rings is 1. The molecule has 0 spiro atoms. The third-order valence-corrected chi connectivity index (χ3v) is 4.91. The molecule has 106 valence electrons. The van der Waals surface area contributed by atoms with Crippen LogP contribution < -0.4 is 18.9 Å². The van der Waals surface area contributed by atoms with Crippen molar-refractivity contribution in [2.24, 2.45) is 0 Å². The Morgan fingerprint density at radius 1 is 0.619 bits per heavy atom. The van der Waals surface area contributed by atoms with Crippen LogP contribution in [0.2, 0.25) is 0 Å². The van der Waals surface area contributed by atoms with Crippen molar-refractivity contribution in [2.75, 3.05) is 0 Å². The van der Waals surface area contributed by atoms with Crippen LogP contribution in [-0.4, -0.2) is 4.98 Å². The van der Waals surface area contributed by atoms with Crippen molar-refractivity contribution in [3.8, 4) is 11.3 Å². The summed E-state index contributed by atoms with van der Waals surface area (Å²) >= 11 is 0. The van der Waals surface area contributed by atoms with Gasteiger partial charge < -0.3 is 4.98 Å². The van der Waals surface area contributed by atoms with E-state index in [-0.39, 0.29) is 18.9 Å². The molecule has 0 N–H and O–H groups in total. The molecular weight excluding hydrogens is 249 g/mol. The van der Waals surface area contributed by atoms with E-state index in [0.717, 1.165) is 17.0 Å². The van der Waals surface area contributed by atoms with Gasteiger partial charge in [-0.2, -0.15) is 0 Å². The summed E-state index contributed by atoms with van der Waals surface area (Å²) in [6.07, 6.45) is 0. The molecule has 0 amide bonds. The van der Waals surface area contributed by atoms with Gasteiger partial charge in [0, 0.05) is 5.69 Å². The van der Waals surface area contributed by atoms with Crippen molar-refractivity contribution in [3.05, 3.63) is 50.7 Å². The molecule has 2 aromatic rings. The largest absolute Gasteiger partial charge is 1.00 e. The maximum atomic E-state index is 4.84. The van der Waals surface area contributed by atoms with Gasteiger partial charge in [-0.1, -0.05) is 38.8 Å². The SMILES string of the molecule is Cc1[c-]c(-c2nc(C)c(C)c(C)c2C)c(C)c(C)c1C.[Li+]. The van der Waals surface area contributed by atoms with Crippen LogP contribution in [0.1, 0.15) is 44.6 Å². The quantitative estimate of drug-likeness (QED) is 0.572. The molecule has 1 aromatic heterocycles. The fourth-order valence-electron chi connectivity index (χ4n) is 2.67. The monoisotopic (exact) mass is 273 g/mol. The second kappa shape index (κ2) is 6.39. The summed E-state index contributed by atoms with van der Waals surface area (Å²) in [5, 5.41) is 0. The third kappa shape index (κ3) is 2.96. The van der Waals surface area contributed by atoms with Crippen LogP contribution in [-0.2, 0) is 0 Å². The zero-order valence-electron chi connectivity index (χ0n) is 14.9. The molecule has 21 heavy (non-hydrogen) atoms. The van der Waals surface area contributed by atoms with Crippen LogP contribution >= 0.6 is 0 Å². The van der Waals surface area contributed by atoms with Crippen molar-refractivity contribution in [1.82, 2.24) is 4.98 Å². The Bertz CT molecular complexity index is 638. The van der Waals surface area contributed by atoms with E-state index in [0.29, 0.717) is 0 Å². The Labute approximate surface area is 141 Å². The van der Waals surface area contributed by atoms with Gasteiger partial charge in [-0.25, -0.2) is 0 Å². The molecular formula is C19H24LiN. The predicted octanol–water partition coefficient (Wildman–Crippen LogP) is 2.02. The number of aryl methyl sites for hydroxylation is 2. The number of hydrogen-bond acceptors (Lipinski definition) is 1. The molecule has 0 fully saturated rings. The first-order valence-corrected chi connectivity index (χ1v) is 7.20. The van der Waals surface area contributed by atoms with E-state index in [1.165, 1.54) is 38.9 Å². The topological polar surface area (TPSA) is 12.9 Å². The summed E-state index contributed by atoms with van der Waals surface area (Å²) in [6, 6.07) is 3.55. The first-order valence-electron chi connectivity index (χ1n) is 7.20. The molecule has 0 saturated heterocycles. The molecule has 0 bridgehead atoms. The second-order valence-corrected chi connectivity index (χ2v) is 5.92. The first kappa shape index (κ1) is 18.0. The number of rotatable bonds is 1. The molecule has 0 aliphatic rings. The minimum Gasteiger partial charge on any atom is -0.301 e. The van der Waals surface area contributed by atoms with Gasteiger partial charge in [-0.05, 0) is 39.0 Å². The Hall–Kier alpha value is -1.03. The molecule has 0 radical (unpaired) electrons. The van der Waals surface area contributed by atoms with Crippen LogP contribution in [0.3, 0.4) is 0 Å². The summed E-state index contributed by atoms with van der Waals surface area (Å²) in [5.41, 5.74) is 12.5. The van der Waals surface area contributed by atoms with Crippen molar-refractivity contribution >= 4 is 0 Å². The van der Waals surface area contributed by atoms with Crippen molar-refractivity contribution in [3.63, 3.8) is 0 Å². The summed E-state index contributed by atoms with van der Waals surface area (Å²) < 4.78 is 0. The average Bonchev–Trinajstić information content (AvgIpc) is 2.42. The van der Waals surface area contributed by atoms with Crippen LogP contribution in [0.15, 0.2) is 0 Å². The van der Waals surface area contributed by atoms with Gasteiger partial charge in [0.15, 0.2) is 0 Å². The second-order valence-electron chi connectivity index (χ2n) is 5.92. The van der Waals surface area contributed by atoms with E-state index in [1.54, 1.807) is 0 Å². The van der Waals surface area contributed by atoms with E-state index in [2.05, 4.69) is 61.5 Å². The fourth-order valence-corrected chi connectivity index (χ4v) is 2.67. The molecule has 0 unspecified atom stereocenters. The van der Waals surface area contributed by atoms with E-state index < -0.39 is 0 Å². The van der Waals surface area contributed by atoms with Gasteiger partial charge in [-0.3, -0.25) is 0 Å². The molecule has 0 atom stereocenters. The minimum atomic E-state index is 0. The Balaban J connectivity index is 0.00000220. The third-order valence-electron chi connectivity index (χ3n) is 4.91. The summed E-state index contributed by atoms with van der Waals surface area (Å²) in [5.74, 6) is 0. The Morgan fingerprint density at radius 3 is 1.71 bits per heavy atom. The van der Waals surface area contributed by atoms with E-state index >= 15 is 0 Å². The molecule has 1 nitrogen and oxygen atoms in total. The predicted molar refractivity (Wildman–Crippen MR) is 86.4 cm³/mol.